The van der Waals surface area contributed by atoms with Crippen LogP contribution in [0.2, 0.25) is 0 Å². The van der Waals surface area contributed by atoms with Crippen molar-refractivity contribution in [2.24, 2.45) is 0 Å². The first-order chi connectivity index (χ1) is 8.62. The van der Waals surface area contributed by atoms with Crippen molar-refractivity contribution in [3.63, 3.8) is 0 Å². The molecule has 3 N–H and O–H groups in total. The Bertz CT molecular complexity index is 355. The maximum absolute atomic E-state index is 9.27. The van der Waals surface area contributed by atoms with E-state index in [-0.39, 0.29) is 30.5 Å². The summed E-state index contributed by atoms with van der Waals surface area (Å²) in [5, 5.41) is 22.1. The molecule has 0 aliphatic rings. The second-order valence-electron chi connectivity index (χ2n) is 4.54. The third-order valence-electron chi connectivity index (χ3n) is 3.19. The van der Waals surface area contributed by atoms with Gasteiger partial charge in [-0.2, -0.15) is 11.8 Å². The molecule has 0 fully saturated rings. The lowest BCUT2D eigenvalue weighted by atomic mass is 10.0. The monoisotopic (exact) mass is 269 g/mol. The summed E-state index contributed by atoms with van der Waals surface area (Å²) in [6, 6.07) is 8.37. The van der Waals surface area contributed by atoms with Crippen molar-refractivity contribution in [2.75, 3.05) is 12.9 Å². The second kappa shape index (κ2) is 7.79. The molecule has 102 valence electrons. The zero-order valence-corrected chi connectivity index (χ0v) is 12.1. The van der Waals surface area contributed by atoms with Gasteiger partial charge in [0.1, 0.15) is 0 Å². The highest BCUT2D eigenvalue weighted by atomic mass is 32.2. The van der Waals surface area contributed by atoms with Crippen LogP contribution >= 0.6 is 11.8 Å². The Hall–Kier alpha value is -0.550. The van der Waals surface area contributed by atoms with E-state index in [1.807, 2.05) is 24.5 Å². The number of aliphatic hydroxyl groups is 2. The van der Waals surface area contributed by atoms with E-state index in [4.69, 9.17) is 5.11 Å². The number of benzene rings is 1. The van der Waals surface area contributed by atoms with Crippen LogP contribution in [0.15, 0.2) is 24.3 Å². The topological polar surface area (TPSA) is 52.5 Å². The van der Waals surface area contributed by atoms with Crippen LogP contribution in [0, 0.1) is 0 Å². The van der Waals surface area contributed by atoms with E-state index in [0.29, 0.717) is 0 Å². The number of hydrogen-bond donors (Lipinski definition) is 3. The van der Waals surface area contributed by atoms with Gasteiger partial charge in [-0.1, -0.05) is 24.3 Å². The zero-order chi connectivity index (χ0) is 13.5. The third kappa shape index (κ3) is 4.28. The zero-order valence-electron chi connectivity index (χ0n) is 11.3. The van der Waals surface area contributed by atoms with Gasteiger partial charge in [0.2, 0.25) is 0 Å². The molecule has 0 aliphatic carbocycles. The second-order valence-corrected chi connectivity index (χ2v) is 5.61. The van der Waals surface area contributed by atoms with Crippen LogP contribution in [0.25, 0.3) is 0 Å². The van der Waals surface area contributed by atoms with E-state index >= 15 is 0 Å². The highest BCUT2D eigenvalue weighted by molar-refractivity contribution is 7.99. The van der Waals surface area contributed by atoms with Gasteiger partial charge in [0, 0.05) is 17.3 Å². The fourth-order valence-electron chi connectivity index (χ4n) is 2.00. The SMILES string of the molecule is CSC(CO)C(C)NC(C)c1cccc(CO)c1. The maximum Gasteiger partial charge on any atom is 0.0681 e. The van der Waals surface area contributed by atoms with Gasteiger partial charge in [-0.3, -0.25) is 0 Å². The molecule has 0 saturated heterocycles. The van der Waals surface area contributed by atoms with E-state index in [2.05, 4.69) is 25.2 Å². The minimum absolute atomic E-state index is 0.0696. The van der Waals surface area contributed by atoms with Gasteiger partial charge in [-0.05, 0) is 31.2 Å². The summed E-state index contributed by atoms with van der Waals surface area (Å²) in [6.45, 7) is 4.43. The molecule has 0 amide bonds. The Labute approximate surface area is 114 Å². The van der Waals surface area contributed by atoms with Crippen molar-refractivity contribution in [1.82, 2.24) is 5.32 Å². The van der Waals surface area contributed by atoms with Crippen LogP contribution in [0.4, 0.5) is 0 Å². The Kier molecular flexibility index (Phi) is 6.71. The van der Waals surface area contributed by atoms with Gasteiger partial charge in [-0.15, -0.1) is 0 Å². The lowest BCUT2D eigenvalue weighted by molar-refractivity contribution is 0.271. The average molecular weight is 269 g/mol. The molecule has 3 unspecified atom stereocenters. The van der Waals surface area contributed by atoms with Crippen molar-refractivity contribution in [3.05, 3.63) is 35.4 Å². The van der Waals surface area contributed by atoms with Gasteiger partial charge in [0.15, 0.2) is 0 Å². The lowest BCUT2D eigenvalue weighted by Crippen LogP contribution is -2.38. The van der Waals surface area contributed by atoms with Gasteiger partial charge in [-0.25, -0.2) is 0 Å². The highest BCUT2D eigenvalue weighted by Crippen LogP contribution is 2.18. The summed E-state index contributed by atoms with van der Waals surface area (Å²) in [5.41, 5.74) is 2.09. The molecular formula is C14H23NO2S. The molecule has 0 aliphatic heterocycles. The van der Waals surface area contributed by atoms with Gasteiger partial charge >= 0.3 is 0 Å². The molecule has 0 heterocycles. The van der Waals surface area contributed by atoms with Crippen LogP contribution in [-0.2, 0) is 6.61 Å². The van der Waals surface area contributed by atoms with Crippen molar-refractivity contribution >= 4 is 11.8 Å². The van der Waals surface area contributed by atoms with Crippen LogP contribution < -0.4 is 5.32 Å². The number of rotatable bonds is 7. The lowest BCUT2D eigenvalue weighted by Gasteiger charge is -2.25. The van der Waals surface area contributed by atoms with Crippen LogP contribution in [0.3, 0.4) is 0 Å². The van der Waals surface area contributed by atoms with Crippen molar-refractivity contribution in [3.8, 4) is 0 Å². The predicted octanol–water partition coefficient (Wildman–Crippen LogP) is 1.94. The van der Waals surface area contributed by atoms with Gasteiger partial charge < -0.3 is 15.5 Å². The minimum Gasteiger partial charge on any atom is -0.395 e. The molecule has 0 spiro atoms. The Morgan fingerprint density at radius 3 is 2.56 bits per heavy atom. The Balaban J connectivity index is 2.66. The Morgan fingerprint density at radius 1 is 1.28 bits per heavy atom. The summed E-state index contributed by atoms with van der Waals surface area (Å²) in [5.74, 6) is 0. The molecule has 1 aromatic rings. The first kappa shape index (κ1) is 15.5. The fraction of sp³-hybridized carbons (Fsp3) is 0.571. The number of aliphatic hydroxyl groups excluding tert-OH is 2. The molecule has 0 radical (unpaired) electrons. The maximum atomic E-state index is 9.27. The largest absolute Gasteiger partial charge is 0.395 e. The van der Waals surface area contributed by atoms with E-state index in [9.17, 15) is 5.11 Å². The molecule has 18 heavy (non-hydrogen) atoms. The standard InChI is InChI=1S/C14H23NO2S/c1-10(15-11(2)14(9-17)18-3)13-6-4-5-12(7-13)8-16/h4-7,10-11,14-17H,8-9H2,1-3H3. The van der Waals surface area contributed by atoms with Crippen LogP contribution in [0.1, 0.15) is 31.0 Å². The van der Waals surface area contributed by atoms with Crippen molar-refractivity contribution in [1.29, 1.82) is 0 Å². The van der Waals surface area contributed by atoms with E-state index in [1.54, 1.807) is 11.8 Å². The smallest absolute Gasteiger partial charge is 0.0681 e. The molecule has 0 saturated carbocycles. The number of nitrogens with one attached hydrogen (secondary N) is 1. The summed E-state index contributed by atoms with van der Waals surface area (Å²) in [6.07, 6.45) is 2.01. The van der Waals surface area contributed by atoms with Gasteiger partial charge in [0.25, 0.3) is 0 Å². The van der Waals surface area contributed by atoms with Crippen LogP contribution in [0.5, 0.6) is 0 Å². The molecule has 1 aromatic carbocycles. The first-order valence-corrected chi connectivity index (χ1v) is 7.50. The van der Waals surface area contributed by atoms with E-state index in [1.165, 1.54) is 0 Å². The van der Waals surface area contributed by atoms with Gasteiger partial charge in [0.05, 0.1) is 13.2 Å². The van der Waals surface area contributed by atoms with E-state index in [0.717, 1.165) is 11.1 Å². The molecule has 0 aromatic heterocycles. The summed E-state index contributed by atoms with van der Waals surface area (Å²) >= 11 is 1.67. The van der Waals surface area contributed by atoms with Crippen LogP contribution in [-0.4, -0.2) is 34.4 Å². The van der Waals surface area contributed by atoms with Crippen molar-refractivity contribution < 1.29 is 10.2 Å². The van der Waals surface area contributed by atoms with E-state index < -0.39 is 0 Å². The molecular weight excluding hydrogens is 246 g/mol. The highest BCUT2D eigenvalue weighted by Gasteiger charge is 2.17. The molecule has 4 heteroatoms. The Morgan fingerprint density at radius 2 is 2.00 bits per heavy atom. The molecule has 1 rings (SSSR count). The first-order valence-electron chi connectivity index (χ1n) is 6.21. The quantitative estimate of drug-likeness (QED) is 0.708. The summed E-state index contributed by atoms with van der Waals surface area (Å²) in [7, 11) is 0. The molecule has 0 bridgehead atoms. The normalized spacial score (nSPS) is 16.3. The molecule has 3 nitrogen and oxygen atoms in total. The summed E-state index contributed by atoms with van der Waals surface area (Å²) < 4.78 is 0. The van der Waals surface area contributed by atoms with Crippen molar-refractivity contribution in [2.45, 2.75) is 37.8 Å². The fourth-order valence-corrected chi connectivity index (χ4v) is 2.63. The number of hydrogen-bond acceptors (Lipinski definition) is 4. The summed E-state index contributed by atoms with van der Waals surface area (Å²) in [4.78, 5) is 0. The average Bonchev–Trinajstić information content (AvgIpc) is 2.40. The minimum atomic E-state index is 0.0696. The number of thioether (sulfide) groups is 1. The third-order valence-corrected chi connectivity index (χ3v) is 4.35. The molecule has 3 atom stereocenters. The predicted molar refractivity (Wildman–Crippen MR) is 77.8 cm³/mol.